The molecule has 0 amide bonds. The maximum atomic E-state index is 12.0. The zero-order valence-corrected chi connectivity index (χ0v) is 19.5. The first-order valence-electron chi connectivity index (χ1n) is 6.92. The van der Waals surface area contributed by atoms with E-state index in [4.69, 9.17) is 37.3 Å². The van der Waals surface area contributed by atoms with Crippen LogP contribution >= 0.6 is 8.15 Å². The van der Waals surface area contributed by atoms with Gasteiger partial charge in [-0.15, -0.1) is 0 Å². The van der Waals surface area contributed by atoms with E-state index >= 15 is 0 Å². The molecule has 0 aromatic heterocycles. The number of hydrogen-bond donors (Lipinski definition) is 0. The Morgan fingerprint density at radius 2 is 0.933 bits per heavy atom. The first-order chi connectivity index (χ1) is 14.0. The molecule has 0 spiro atoms. The largest absolute Gasteiger partial charge is 0 e. The van der Waals surface area contributed by atoms with Crippen molar-refractivity contribution in [2.45, 2.75) is 25.2 Å². The Labute approximate surface area is 190 Å². The van der Waals surface area contributed by atoms with Crippen LogP contribution in [0.2, 0.25) is 0 Å². The van der Waals surface area contributed by atoms with Crippen molar-refractivity contribution in [3.8, 4) is 0 Å². The predicted molar refractivity (Wildman–Crippen MR) is 90.6 cm³/mol. The van der Waals surface area contributed by atoms with Gasteiger partial charge in [0, 0.05) is 28.2 Å². The van der Waals surface area contributed by atoms with E-state index < -0.39 is 20.1 Å². The Morgan fingerprint density at radius 1 is 0.700 bits per heavy atom. The molecule has 12 heteroatoms. The molecule has 30 heavy (non-hydrogen) atoms. The first-order valence-corrected chi connectivity index (χ1v) is 8.31. The fourth-order valence-corrected chi connectivity index (χ4v) is 5.71. The topological polar surface area (TPSA) is 161 Å². The van der Waals surface area contributed by atoms with Gasteiger partial charge in [0.15, 0.2) is 0 Å². The quantitative estimate of drug-likeness (QED) is 0.138. The van der Waals surface area contributed by atoms with Crippen LogP contribution in [0, 0.1) is 33.3 Å². The molecular formula is C18H17MoO10P. The van der Waals surface area contributed by atoms with Crippen LogP contribution in [-0.2, 0) is 67.9 Å². The molecule has 2 aliphatic rings. The van der Waals surface area contributed by atoms with Crippen LogP contribution < -0.4 is 0 Å². The summed E-state index contributed by atoms with van der Waals surface area (Å²) in [7, 11) is 3.31. The van der Waals surface area contributed by atoms with Crippen molar-refractivity contribution in [2.75, 3.05) is 21.3 Å². The van der Waals surface area contributed by atoms with Crippen molar-refractivity contribution in [1.82, 2.24) is 0 Å². The van der Waals surface area contributed by atoms with Crippen molar-refractivity contribution in [1.29, 1.82) is 0 Å². The molecule has 0 saturated heterocycles. The zero-order chi connectivity index (χ0) is 24.3. The van der Waals surface area contributed by atoms with Crippen LogP contribution in [0.3, 0.4) is 0 Å². The van der Waals surface area contributed by atoms with Crippen LogP contribution in [0.1, 0.15) is 13.8 Å². The normalized spacial score (nSPS) is 18.7. The number of allylic oxidation sites excluding steroid dienone is 2. The first kappa shape index (κ1) is 38.8. The Morgan fingerprint density at radius 3 is 1.10 bits per heavy atom. The molecule has 0 aliphatic carbocycles. The molecule has 2 bridgehead atoms. The molecule has 0 aromatic carbocycles. The third kappa shape index (κ3) is 8.52. The van der Waals surface area contributed by atoms with Crippen LogP contribution in [0.4, 0.5) is 0 Å². The van der Waals surface area contributed by atoms with E-state index in [9.17, 15) is 9.59 Å². The second kappa shape index (κ2) is 23.5. The fourth-order valence-electron chi connectivity index (χ4n) is 2.82. The van der Waals surface area contributed by atoms with E-state index in [1.165, 1.54) is 14.2 Å². The molecular weight excluding hydrogens is 503 g/mol. The molecule has 160 valence electrons. The molecule has 0 N–H and O–H groups in total. The monoisotopic (exact) mass is 522 g/mol. The summed E-state index contributed by atoms with van der Waals surface area (Å²) in [5.74, 6) is -0.936. The van der Waals surface area contributed by atoms with Gasteiger partial charge in [0.25, 0.3) is 0 Å². The van der Waals surface area contributed by atoms with E-state index in [0.717, 1.165) is 11.1 Å². The van der Waals surface area contributed by atoms with E-state index in [1.807, 2.05) is 13.8 Å². The fraction of sp³-hybridized carbons (Fsp3) is 0.389. The van der Waals surface area contributed by atoms with Gasteiger partial charge in [0.2, 0.25) is 0 Å². The Kier molecular flexibility index (Phi) is 30.3. The summed E-state index contributed by atoms with van der Waals surface area (Å²) < 4.78 is 52.7. The van der Waals surface area contributed by atoms with Gasteiger partial charge < -0.3 is 14.0 Å². The van der Waals surface area contributed by atoms with Crippen molar-refractivity contribution in [2.24, 2.45) is 0 Å². The van der Waals surface area contributed by atoms with Crippen LogP contribution in [-0.4, -0.2) is 44.6 Å². The average molecular weight is 520 g/mol. The van der Waals surface area contributed by atoms with Gasteiger partial charge in [0.05, 0.1) is 44.8 Å². The van der Waals surface area contributed by atoms with Crippen LogP contribution in [0.25, 0.3) is 0 Å². The van der Waals surface area contributed by atoms with Crippen molar-refractivity contribution in [3.63, 3.8) is 0 Å². The molecule has 2 rings (SSSR count). The van der Waals surface area contributed by atoms with Crippen molar-refractivity contribution >= 4 is 20.1 Å². The zero-order valence-electron chi connectivity index (χ0n) is 16.6. The summed E-state index contributed by atoms with van der Waals surface area (Å²) in [5.41, 5.74) is 2.74. The van der Waals surface area contributed by atoms with E-state index in [0.29, 0.717) is 11.1 Å². The Balaban J connectivity index is -0.000000166. The van der Waals surface area contributed by atoms with Gasteiger partial charge in [-0.3, -0.25) is 0 Å². The van der Waals surface area contributed by atoms with Gasteiger partial charge in [-0.2, -0.15) is 0 Å². The van der Waals surface area contributed by atoms with Crippen LogP contribution in [0.5, 0.6) is 0 Å². The van der Waals surface area contributed by atoms with E-state index in [-0.39, 0.29) is 32.4 Å². The van der Waals surface area contributed by atoms with Gasteiger partial charge >= 0.3 is 68.5 Å². The van der Waals surface area contributed by atoms with Crippen molar-refractivity contribution in [3.05, 3.63) is 55.5 Å². The number of ether oxygens (including phenoxy) is 2. The SMILES string of the molecule is COC(=O)C1=C(C(=O)OC)C2C(C)=C(C)C1P2OC.[C-]#[O+].[C-]#[O+].[C-]#[O+].[C-]#[O+].[C-]#[O+].[Mo]. The summed E-state index contributed by atoms with van der Waals surface area (Å²) in [4.78, 5) is 24.0. The minimum atomic E-state index is -0.938. The van der Waals surface area contributed by atoms with Gasteiger partial charge in [-0.1, -0.05) is 11.1 Å². The number of esters is 2. The molecule has 0 saturated carbocycles. The molecule has 10 nitrogen and oxygen atoms in total. The minimum Gasteiger partial charge on any atom is 0 e. The maximum Gasteiger partial charge on any atom is 0 e. The number of carbonyl (C=O) groups is 2. The minimum absolute atomic E-state index is 0. The molecule has 2 heterocycles. The second-order valence-corrected chi connectivity index (χ2v) is 6.64. The number of fused-ring (bicyclic) bond motifs is 2. The third-order valence-corrected chi connectivity index (χ3v) is 6.54. The molecule has 2 unspecified atom stereocenters. The Bertz CT molecular complexity index is 638. The molecule has 0 fully saturated rings. The summed E-state index contributed by atoms with van der Waals surface area (Å²) in [5, 5.41) is 0. The van der Waals surface area contributed by atoms with Gasteiger partial charge in [-0.25, -0.2) is 9.59 Å². The summed E-state index contributed by atoms with van der Waals surface area (Å²) in [6, 6.07) is 0. The summed E-state index contributed by atoms with van der Waals surface area (Å²) in [6.45, 7) is 26.5. The van der Waals surface area contributed by atoms with E-state index in [1.54, 1.807) is 7.11 Å². The Hall–Kier alpha value is -1.80. The van der Waals surface area contributed by atoms with E-state index in [2.05, 4.69) is 33.3 Å². The van der Waals surface area contributed by atoms with Crippen molar-refractivity contribution < 1.29 is 67.9 Å². The molecule has 2 aliphatic heterocycles. The molecule has 0 radical (unpaired) electrons. The molecule has 2 atom stereocenters. The van der Waals surface area contributed by atoms with Gasteiger partial charge in [0.1, 0.15) is 0 Å². The maximum absolute atomic E-state index is 12.0. The summed E-state index contributed by atoms with van der Waals surface area (Å²) >= 11 is 0. The summed E-state index contributed by atoms with van der Waals surface area (Å²) in [6.07, 6.45) is 0. The second-order valence-electron chi connectivity index (χ2n) is 4.52. The number of rotatable bonds is 3. The standard InChI is InChI=1S/C13H17O5P.5CO.Mo/c1-6-7(2)11-9(13(15)17-4)8(12(14)16-3)10(6)19(11)18-5;5*1-2;/h10-11H,1-5H3;;;;;;. The molecule has 0 aromatic rings. The number of hydrogen-bond acceptors (Lipinski definition) is 5. The third-order valence-electron chi connectivity index (χ3n) is 3.81. The van der Waals surface area contributed by atoms with Gasteiger partial charge in [-0.05, 0) is 13.8 Å². The predicted octanol–water partition coefficient (Wildman–Crippen LogP) is 1.58. The average Bonchev–Trinajstić information content (AvgIpc) is 3.29. The number of methoxy groups -OCH3 is 2. The smallest absolute Gasteiger partial charge is 0 e. The number of carbonyl (C=O) groups excluding carboxylic acids is 2. The van der Waals surface area contributed by atoms with Crippen LogP contribution in [0.15, 0.2) is 22.3 Å².